The van der Waals surface area contributed by atoms with E-state index in [1.807, 2.05) is 0 Å². The summed E-state index contributed by atoms with van der Waals surface area (Å²) in [5.74, 6) is 2.85. The van der Waals surface area contributed by atoms with Crippen LogP contribution in [0.3, 0.4) is 0 Å². The van der Waals surface area contributed by atoms with Gasteiger partial charge in [-0.1, -0.05) is 13.8 Å². The van der Waals surface area contributed by atoms with Crippen LogP contribution in [-0.4, -0.2) is 19.1 Å². The van der Waals surface area contributed by atoms with Crippen molar-refractivity contribution in [3.05, 3.63) is 26.7 Å². The van der Waals surface area contributed by atoms with Crippen LogP contribution in [0.15, 0.2) is 9.59 Å². The predicted molar refractivity (Wildman–Crippen MR) is 81.5 cm³/mol. The van der Waals surface area contributed by atoms with Gasteiger partial charge in [-0.25, -0.2) is 9.78 Å². The molecule has 0 aromatic carbocycles. The van der Waals surface area contributed by atoms with E-state index in [0.717, 1.165) is 16.3 Å². The van der Waals surface area contributed by atoms with Gasteiger partial charge >= 0.3 is 5.69 Å². The third-order valence-electron chi connectivity index (χ3n) is 5.20. The Balaban J connectivity index is 0.00000132. The summed E-state index contributed by atoms with van der Waals surface area (Å²) >= 11 is 0. The SMILES string of the molecule is C.Cn1c(=O)c2[nH]c(C3CC4CCC3C4)nc2n(C)c1=O. The molecule has 0 spiro atoms. The molecule has 2 aromatic rings. The zero-order chi connectivity index (χ0) is 14.0. The third kappa shape index (κ3) is 1.81. The highest BCUT2D eigenvalue weighted by molar-refractivity contribution is 5.69. The van der Waals surface area contributed by atoms with Crippen LogP contribution in [0.2, 0.25) is 0 Å². The lowest BCUT2D eigenvalue weighted by atomic mass is 9.88. The number of imidazole rings is 1. The summed E-state index contributed by atoms with van der Waals surface area (Å²) in [5, 5.41) is 0. The van der Waals surface area contributed by atoms with Crippen LogP contribution >= 0.6 is 0 Å². The number of aryl methyl sites for hydroxylation is 1. The molecule has 2 saturated carbocycles. The Labute approximate surface area is 122 Å². The number of aromatic nitrogens is 4. The van der Waals surface area contributed by atoms with Crippen molar-refractivity contribution >= 4 is 11.2 Å². The molecule has 0 amide bonds. The Morgan fingerprint density at radius 3 is 2.52 bits per heavy atom. The summed E-state index contributed by atoms with van der Waals surface area (Å²) in [6, 6.07) is 0. The standard InChI is InChI=1S/C14H18N4O2.CH4/c1-17-12-10(13(19)18(2)14(17)20)15-11(16-12)9-6-7-3-4-8(9)5-7;/h7-9H,3-6H2,1-2H3,(H,15,16);1H4. The van der Waals surface area contributed by atoms with Gasteiger partial charge in [-0.15, -0.1) is 0 Å². The maximum absolute atomic E-state index is 12.2. The van der Waals surface area contributed by atoms with Crippen LogP contribution in [0, 0.1) is 11.8 Å². The van der Waals surface area contributed by atoms with E-state index in [4.69, 9.17) is 0 Å². The second-order valence-corrected chi connectivity index (χ2v) is 6.31. The minimum Gasteiger partial charge on any atom is -0.336 e. The molecular formula is C15H22N4O2. The lowest BCUT2D eigenvalue weighted by molar-refractivity contribution is 0.408. The summed E-state index contributed by atoms with van der Waals surface area (Å²) in [7, 11) is 3.16. The lowest BCUT2D eigenvalue weighted by Crippen LogP contribution is -2.36. The minimum atomic E-state index is -0.325. The Morgan fingerprint density at radius 2 is 1.90 bits per heavy atom. The fraction of sp³-hybridized carbons (Fsp3) is 0.667. The molecule has 0 saturated heterocycles. The van der Waals surface area contributed by atoms with Gasteiger partial charge in [0.1, 0.15) is 11.3 Å². The van der Waals surface area contributed by atoms with Crippen LogP contribution in [0.4, 0.5) is 0 Å². The van der Waals surface area contributed by atoms with Crippen molar-refractivity contribution in [2.24, 2.45) is 25.9 Å². The smallest absolute Gasteiger partial charge is 0.332 e. The second kappa shape index (κ2) is 4.58. The van der Waals surface area contributed by atoms with Crippen LogP contribution in [0.1, 0.15) is 44.9 Å². The summed E-state index contributed by atoms with van der Waals surface area (Å²) in [6.07, 6.45) is 5.06. The van der Waals surface area contributed by atoms with E-state index in [1.165, 1.54) is 37.3 Å². The summed E-state index contributed by atoms with van der Waals surface area (Å²) in [6.45, 7) is 0. The largest absolute Gasteiger partial charge is 0.336 e. The molecule has 6 nitrogen and oxygen atoms in total. The minimum absolute atomic E-state index is 0. The van der Waals surface area contributed by atoms with Gasteiger partial charge in [0.2, 0.25) is 0 Å². The lowest BCUT2D eigenvalue weighted by Gasteiger charge is -2.18. The highest BCUT2D eigenvalue weighted by Gasteiger charge is 2.41. The number of rotatable bonds is 1. The molecule has 6 heteroatoms. The van der Waals surface area contributed by atoms with E-state index in [-0.39, 0.29) is 18.7 Å². The highest BCUT2D eigenvalue weighted by atomic mass is 16.2. The van der Waals surface area contributed by atoms with E-state index in [1.54, 1.807) is 7.05 Å². The first-order valence-electron chi connectivity index (χ1n) is 7.22. The Morgan fingerprint density at radius 1 is 1.14 bits per heavy atom. The van der Waals surface area contributed by atoms with E-state index in [9.17, 15) is 9.59 Å². The van der Waals surface area contributed by atoms with Crippen molar-refractivity contribution in [2.75, 3.05) is 0 Å². The van der Waals surface area contributed by atoms with E-state index in [2.05, 4.69) is 9.97 Å². The van der Waals surface area contributed by atoms with Gasteiger partial charge in [-0.3, -0.25) is 13.9 Å². The van der Waals surface area contributed by atoms with E-state index < -0.39 is 0 Å². The first-order chi connectivity index (χ1) is 9.56. The molecule has 2 fully saturated rings. The molecular weight excluding hydrogens is 268 g/mol. The predicted octanol–water partition coefficient (Wildman–Crippen LogP) is 1.50. The Hall–Kier alpha value is -1.85. The van der Waals surface area contributed by atoms with Crippen LogP contribution in [0.5, 0.6) is 0 Å². The highest BCUT2D eigenvalue weighted by Crippen LogP contribution is 2.52. The van der Waals surface area contributed by atoms with Crippen molar-refractivity contribution in [3.8, 4) is 0 Å². The van der Waals surface area contributed by atoms with Crippen LogP contribution in [0.25, 0.3) is 11.2 Å². The fourth-order valence-electron chi connectivity index (χ4n) is 4.10. The van der Waals surface area contributed by atoms with Gasteiger partial charge in [0, 0.05) is 20.0 Å². The van der Waals surface area contributed by atoms with Crippen LogP contribution < -0.4 is 11.2 Å². The van der Waals surface area contributed by atoms with Gasteiger partial charge in [0.25, 0.3) is 5.56 Å². The molecule has 3 unspecified atom stereocenters. The van der Waals surface area contributed by atoms with Gasteiger partial charge in [0.05, 0.1) is 0 Å². The average Bonchev–Trinajstić information content (AvgIpc) is 3.15. The number of hydrogen-bond donors (Lipinski definition) is 1. The molecule has 0 radical (unpaired) electrons. The average molecular weight is 290 g/mol. The van der Waals surface area contributed by atoms with Crippen molar-refractivity contribution in [1.82, 2.24) is 19.1 Å². The molecule has 21 heavy (non-hydrogen) atoms. The molecule has 3 atom stereocenters. The number of nitrogens with zero attached hydrogens (tertiary/aromatic N) is 3. The molecule has 2 heterocycles. The molecule has 2 aliphatic rings. The Bertz CT molecular complexity index is 813. The van der Waals surface area contributed by atoms with E-state index in [0.29, 0.717) is 23.0 Å². The van der Waals surface area contributed by atoms with Gasteiger partial charge < -0.3 is 4.98 Å². The second-order valence-electron chi connectivity index (χ2n) is 6.31. The number of hydrogen-bond acceptors (Lipinski definition) is 3. The number of aromatic amines is 1. The van der Waals surface area contributed by atoms with Crippen LogP contribution in [-0.2, 0) is 14.1 Å². The molecule has 114 valence electrons. The first kappa shape index (κ1) is 14.1. The number of fused-ring (bicyclic) bond motifs is 3. The molecule has 2 aromatic heterocycles. The third-order valence-corrected chi connectivity index (χ3v) is 5.20. The molecule has 0 aliphatic heterocycles. The first-order valence-corrected chi connectivity index (χ1v) is 7.22. The van der Waals surface area contributed by atoms with Crippen molar-refractivity contribution in [3.63, 3.8) is 0 Å². The summed E-state index contributed by atoms with van der Waals surface area (Å²) < 4.78 is 2.58. The fourth-order valence-corrected chi connectivity index (χ4v) is 4.10. The van der Waals surface area contributed by atoms with E-state index >= 15 is 0 Å². The zero-order valence-electron chi connectivity index (χ0n) is 11.7. The van der Waals surface area contributed by atoms with Gasteiger partial charge in [0.15, 0.2) is 5.65 Å². The maximum atomic E-state index is 12.2. The number of nitrogens with one attached hydrogen (secondary N) is 1. The van der Waals surface area contributed by atoms with Crippen molar-refractivity contribution in [1.29, 1.82) is 0 Å². The summed E-state index contributed by atoms with van der Waals surface area (Å²) in [4.78, 5) is 31.9. The summed E-state index contributed by atoms with van der Waals surface area (Å²) in [5.41, 5.74) is 0.321. The topological polar surface area (TPSA) is 72.7 Å². The van der Waals surface area contributed by atoms with Crippen molar-refractivity contribution < 1.29 is 0 Å². The van der Waals surface area contributed by atoms with Gasteiger partial charge in [-0.05, 0) is 31.1 Å². The molecule has 2 aliphatic carbocycles. The van der Waals surface area contributed by atoms with Crippen molar-refractivity contribution in [2.45, 2.75) is 39.0 Å². The zero-order valence-corrected chi connectivity index (χ0v) is 11.7. The Kier molecular flexibility index (Phi) is 3.07. The molecule has 2 bridgehead atoms. The maximum Gasteiger partial charge on any atom is 0.332 e. The molecule has 4 rings (SSSR count). The van der Waals surface area contributed by atoms with Gasteiger partial charge in [-0.2, -0.15) is 0 Å². The number of H-pyrrole nitrogens is 1. The quantitative estimate of drug-likeness (QED) is 0.865. The molecule has 1 N–H and O–H groups in total. The monoisotopic (exact) mass is 290 g/mol. The normalized spacial score (nSPS) is 27.2.